The van der Waals surface area contributed by atoms with Crippen molar-refractivity contribution in [3.8, 4) is 0 Å². The summed E-state index contributed by atoms with van der Waals surface area (Å²) in [5.74, 6) is -2.63. The predicted molar refractivity (Wildman–Crippen MR) is 77.8 cm³/mol. The molecule has 24 heavy (non-hydrogen) atoms. The number of rotatable bonds is 5. The summed E-state index contributed by atoms with van der Waals surface area (Å²) < 4.78 is 25.4. The van der Waals surface area contributed by atoms with Crippen LogP contribution in [0.3, 0.4) is 0 Å². The van der Waals surface area contributed by atoms with Gasteiger partial charge in [-0.25, -0.2) is 0 Å². The largest absolute Gasteiger partial charge is 0.463 e. The van der Waals surface area contributed by atoms with E-state index in [4.69, 9.17) is 35.3 Å². The third kappa shape index (κ3) is 5.97. The monoisotopic (exact) mass is 366 g/mol. The number of alkyl halides is 1. The molecule has 5 atom stereocenters. The molecular weight excluding hydrogens is 348 g/mol. The Morgan fingerprint density at radius 2 is 1.33 bits per heavy atom. The molecule has 1 aliphatic heterocycles. The maximum Gasteiger partial charge on any atom is 0.305 e. The Kier molecular flexibility index (Phi) is 7.43. The Balaban J connectivity index is 3.04. The lowest BCUT2D eigenvalue weighted by Gasteiger charge is -2.42. The topological polar surface area (TPSA) is 114 Å². The lowest BCUT2D eigenvalue weighted by atomic mass is 10.0. The molecule has 0 saturated carbocycles. The van der Waals surface area contributed by atoms with Crippen LogP contribution in [0.2, 0.25) is 0 Å². The van der Waals surface area contributed by atoms with Gasteiger partial charge in [-0.1, -0.05) is 0 Å². The average Bonchev–Trinajstić information content (AvgIpc) is 2.42. The molecule has 0 amide bonds. The first-order valence-electron chi connectivity index (χ1n) is 7.06. The molecule has 1 saturated heterocycles. The van der Waals surface area contributed by atoms with Gasteiger partial charge >= 0.3 is 23.9 Å². The van der Waals surface area contributed by atoms with Crippen molar-refractivity contribution in [1.29, 1.82) is 0 Å². The quantitative estimate of drug-likeness (QED) is 0.385. The SMILES string of the molecule is CC(=O)OC[C@@H]1O[C@@H](OC(C)=O)[C@@H](OC(C)=O)[C@H](Cl)[C@@H]1OC(C)=O. The Morgan fingerprint density at radius 3 is 1.79 bits per heavy atom. The van der Waals surface area contributed by atoms with Crippen LogP contribution in [0, 0.1) is 0 Å². The van der Waals surface area contributed by atoms with Gasteiger partial charge in [0.15, 0.2) is 12.2 Å². The number of hydrogen-bond donors (Lipinski definition) is 0. The van der Waals surface area contributed by atoms with Crippen molar-refractivity contribution < 1.29 is 42.9 Å². The molecule has 0 bridgehead atoms. The smallest absolute Gasteiger partial charge is 0.305 e. The molecular formula is C14H19ClO9. The van der Waals surface area contributed by atoms with Gasteiger partial charge in [-0.2, -0.15) is 0 Å². The van der Waals surface area contributed by atoms with Crippen LogP contribution in [0.1, 0.15) is 27.7 Å². The van der Waals surface area contributed by atoms with Gasteiger partial charge in [0.05, 0.1) is 0 Å². The second-order valence-corrected chi connectivity index (χ2v) is 5.55. The lowest BCUT2D eigenvalue weighted by Crippen LogP contribution is -2.60. The van der Waals surface area contributed by atoms with Crippen molar-refractivity contribution in [2.45, 2.75) is 57.7 Å². The van der Waals surface area contributed by atoms with E-state index in [1.165, 1.54) is 6.92 Å². The van der Waals surface area contributed by atoms with Crippen molar-refractivity contribution in [2.24, 2.45) is 0 Å². The van der Waals surface area contributed by atoms with Gasteiger partial charge in [0.2, 0.25) is 6.29 Å². The van der Waals surface area contributed by atoms with E-state index >= 15 is 0 Å². The van der Waals surface area contributed by atoms with E-state index in [0.29, 0.717) is 0 Å². The van der Waals surface area contributed by atoms with Crippen LogP contribution in [0.25, 0.3) is 0 Å². The van der Waals surface area contributed by atoms with Crippen LogP contribution < -0.4 is 0 Å². The van der Waals surface area contributed by atoms with E-state index in [1.807, 2.05) is 0 Å². The average molecular weight is 367 g/mol. The first kappa shape index (κ1) is 20.2. The summed E-state index contributed by atoms with van der Waals surface area (Å²) in [7, 11) is 0. The molecule has 9 nitrogen and oxygen atoms in total. The van der Waals surface area contributed by atoms with Gasteiger partial charge in [-0.15, -0.1) is 11.6 Å². The van der Waals surface area contributed by atoms with Crippen molar-refractivity contribution in [3.05, 3.63) is 0 Å². The molecule has 0 radical (unpaired) electrons. The zero-order chi connectivity index (χ0) is 18.4. The summed E-state index contributed by atoms with van der Waals surface area (Å²) in [4.78, 5) is 44.8. The normalized spacial score (nSPS) is 29.3. The van der Waals surface area contributed by atoms with Gasteiger partial charge in [0.1, 0.15) is 18.1 Å². The molecule has 0 aliphatic carbocycles. The molecule has 0 aromatic rings. The van der Waals surface area contributed by atoms with Crippen molar-refractivity contribution in [1.82, 2.24) is 0 Å². The number of carbonyl (C=O) groups is 4. The standard InChI is InChI=1S/C14H19ClO9/c1-6(16)20-5-10-12(21-7(2)17)11(15)13(22-8(3)18)14(24-10)23-9(4)19/h10-14H,5H2,1-4H3/t10-,11+,12+,13-,14+/m0/s1. The summed E-state index contributed by atoms with van der Waals surface area (Å²) >= 11 is 6.26. The first-order valence-corrected chi connectivity index (χ1v) is 7.50. The summed E-state index contributed by atoms with van der Waals surface area (Å²) in [6, 6.07) is 0. The third-order valence-electron chi connectivity index (χ3n) is 2.91. The Morgan fingerprint density at radius 1 is 0.833 bits per heavy atom. The fourth-order valence-corrected chi connectivity index (χ4v) is 2.49. The van der Waals surface area contributed by atoms with Gasteiger partial charge in [0, 0.05) is 27.7 Å². The minimum absolute atomic E-state index is 0.291. The Hall–Kier alpha value is -1.87. The van der Waals surface area contributed by atoms with Gasteiger partial charge in [0.25, 0.3) is 0 Å². The molecule has 0 aromatic carbocycles. The Labute approximate surface area is 143 Å². The van der Waals surface area contributed by atoms with Crippen LogP contribution in [-0.4, -0.2) is 60.5 Å². The number of ether oxygens (including phenoxy) is 5. The highest BCUT2D eigenvalue weighted by atomic mass is 35.5. The lowest BCUT2D eigenvalue weighted by molar-refractivity contribution is -0.268. The van der Waals surface area contributed by atoms with E-state index in [-0.39, 0.29) is 6.61 Å². The van der Waals surface area contributed by atoms with Crippen LogP contribution in [0.5, 0.6) is 0 Å². The first-order chi connectivity index (χ1) is 11.1. The minimum atomic E-state index is -1.33. The molecule has 0 aromatic heterocycles. The van der Waals surface area contributed by atoms with E-state index in [1.54, 1.807) is 0 Å². The summed E-state index contributed by atoms with van der Waals surface area (Å²) in [5, 5.41) is -1.09. The molecule has 0 N–H and O–H groups in total. The van der Waals surface area contributed by atoms with Gasteiger partial charge in [-0.3, -0.25) is 19.2 Å². The molecule has 0 spiro atoms. The summed E-state index contributed by atoms with van der Waals surface area (Å²) in [5.41, 5.74) is 0. The number of hydrogen-bond acceptors (Lipinski definition) is 9. The molecule has 1 aliphatic rings. The minimum Gasteiger partial charge on any atom is -0.463 e. The van der Waals surface area contributed by atoms with Crippen LogP contribution in [0.15, 0.2) is 0 Å². The van der Waals surface area contributed by atoms with Crippen molar-refractivity contribution in [2.75, 3.05) is 6.61 Å². The molecule has 136 valence electrons. The Bertz CT molecular complexity index is 504. The fourth-order valence-electron chi connectivity index (χ4n) is 2.11. The van der Waals surface area contributed by atoms with Crippen LogP contribution in [-0.2, 0) is 42.9 Å². The fraction of sp³-hybridized carbons (Fsp3) is 0.714. The number of halogens is 1. The van der Waals surface area contributed by atoms with Crippen molar-refractivity contribution >= 4 is 35.5 Å². The van der Waals surface area contributed by atoms with Gasteiger partial charge < -0.3 is 23.7 Å². The van der Waals surface area contributed by atoms with Crippen molar-refractivity contribution in [3.63, 3.8) is 0 Å². The predicted octanol–water partition coefficient (Wildman–Crippen LogP) is 0.308. The van der Waals surface area contributed by atoms with Crippen LogP contribution >= 0.6 is 11.6 Å². The second-order valence-electron chi connectivity index (χ2n) is 5.05. The highest BCUT2D eigenvalue weighted by Crippen LogP contribution is 2.31. The molecule has 0 unspecified atom stereocenters. The molecule has 1 rings (SSSR count). The second kappa shape index (κ2) is 8.84. The van der Waals surface area contributed by atoms with E-state index in [0.717, 1.165) is 20.8 Å². The zero-order valence-corrected chi connectivity index (χ0v) is 14.4. The summed E-state index contributed by atoms with van der Waals surface area (Å²) in [6.45, 7) is 4.33. The highest BCUT2D eigenvalue weighted by molar-refractivity contribution is 6.21. The van der Waals surface area contributed by atoms with Gasteiger partial charge in [-0.05, 0) is 0 Å². The highest BCUT2D eigenvalue weighted by Gasteiger charge is 2.50. The van der Waals surface area contributed by atoms with Crippen LogP contribution in [0.4, 0.5) is 0 Å². The van der Waals surface area contributed by atoms with E-state index in [2.05, 4.69) is 0 Å². The number of esters is 4. The third-order valence-corrected chi connectivity index (χ3v) is 3.41. The summed E-state index contributed by atoms with van der Waals surface area (Å²) in [6.07, 6.45) is -4.62. The molecule has 10 heteroatoms. The maximum atomic E-state index is 11.3. The van der Waals surface area contributed by atoms with E-state index in [9.17, 15) is 19.2 Å². The maximum absolute atomic E-state index is 11.3. The zero-order valence-electron chi connectivity index (χ0n) is 13.6. The molecule has 1 heterocycles. The molecule has 1 fully saturated rings. The van der Waals surface area contributed by atoms with E-state index < -0.39 is 53.9 Å². The number of carbonyl (C=O) groups excluding carboxylic acids is 4.